The molecular weight excluding hydrogens is 268 g/mol. The number of nitrogens with zero attached hydrogens (tertiary/aromatic N) is 3. The summed E-state index contributed by atoms with van der Waals surface area (Å²) in [5.74, 6) is 0. The second kappa shape index (κ2) is 6.00. The summed E-state index contributed by atoms with van der Waals surface area (Å²) in [7, 11) is -3.43. The van der Waals surface area contributed by atoms with E-state index in [1.807, 2.05) is 18.4 Å². The monoisotopic (exact) mass is 288 g/mol. The molecule has 1 saturated heterocycles. The van der Waals surface area contributed by atoms with Crippen LogP contribution in [-0.4, -0.2) is 54.1 Å². The summed E-state index contributed by atoms with van der Waals surface area (Å²) in [5, 5.41) is 0. The van der Waals surface area contributed by atoms with Gasteiger partial charge in [0, 0.05) is 38.6 Å². The molecule has 7 nitrogen and oxygen atoms in total. The third-order valence-corrected chi connectivity index (χ3v) is 4.49. The van der Waals surface area contributed by atoms with Crippen molar-refractivity contribution in [1.29, 1.82) is 0 Å². The fraction of sp³-hybridized carbons (Fsp3) is 0.727. The summed E-state index contributed by atoms with van der Waals surface area (Å²) in [6, 6.07) is 0. The average molecular weight is 288 g/mol. The normalized spacial score (nSPS) is 25.6. The maximum absolute atomic E-state index is 12.1. The fourth-order valence-corrected chi connectivity index (χ4v) is 3.49. The molecule has 2 rings (SSSR count). The van der Waals surface area contributed by atoms with E-state index < -0.39 is 10.2 Å². The van der Waals surface area contributed by atoms with Gasteiger partial charge in [-0.1, -0.05) is 0 Å². The minimum atomic E-state index is -3.43. The van der Waals surface area contributed by atoms with Gasteiger partial charge in [0.2, 0.25) is 0 Å². The number of ether oxygens (including phenoxy) is 1. The number of rotatable bonds is 5. The Morgan fingerprint density at radius 3 is 2.63 bits per heavy atom. The van der Waals surface area contributed by atoms with Crippen LogP contribution in [0.25, 0.3) is 0 Å². The summed E-state index contributed by atoms with van der Waals surface area (Å²) in [6.07, 6.45) is 4.98. The quantitative estimate of drug-likeness (QED) is 0.816. The third-order valence-electron chi connectivity index (χ3n) is 2.94. The van der Waals surface area contributed by atoms with E-state index in [1.54, 1.807) is 18.7 Å². The van der Waals surface area contributed by atoms with Crippen molar-refractivity contribution in [2.75, 3.05) is 19.6 Å². The van der Waals surface area contributed by atoms with Gasteiger partial charge in [0.25, 0.3) is 10.2 Å². The molecular formula is C11H20N4O3S. The fourth-order valence-electron chi connectivity index (χ4n) is 2.14. The van der Waals surface area contributed by atoms with Crippen LogP contribution in [0.2, 0.25) is 0 Å². The van der Waals surface area contributed by atoms with Crippen molar-refractivity contribution in [2.45, 2.75) is 32.6 Å². The van der Waals surface area contributed by atoms with E-state index in [9.17, 15) is 8.42 Å². The first-order chi connectivity index (χ1) is 8.97. The lowest BCUT2D eigenvalue weighted by molar-refractivity contribution is -0.0443. The molecule has 8 heteroatoms. The molecule has 0 bridgehead atoms. The first-order valence-corrected chi connectivity index (χ1v) is 7.77. The van der Waals surface area contributed by atoms with E-state index >= 15 is 0 Å². The number of hydrogen-bond acceptors (Lipinski definition) is 4. The van der Waals surface area contributed by atoms with Crippen LogP contribution in [0.15, 0.2) is 18.7 Å². The molecule has 1 aliphatic heterocycles. The highest BCUT2D eigenvalue weighted by Gasteiger charge is 2.30. The Balaban J connectivity index is 1.87. The van der Waals surface area contributed by atoms with Crippen LogP contribution in [-0.2, 0) is 21.5 Å². The molecule has 2 unspecified atom stereocenters. The zero-order chi connectivity index (χ0) is 13.9. The number of imidazole rings is 1. The van der Waals surface area contributed by atoms with E-state index in [1.165, 1.54) is 4.31 Å². The van der Waals surface area contributed by atoms with Crippen LogP contribution < -0.4 is 4.72 Å². The van der Waals surface area contributed by atoms with Crippen molar-refractivity contribution >= 4 is 10.2 Å². The minimum Gasteiger partial charge on any atom is -0.373 e. The zero-order valence-corrected chi connectivity index (χ0v) is 12.0. The summed E-state index contributed by atoms with van der Waals surface area (Å²) in [5.41, 5.74) is 0. The van der Waals surface area contributed by atoms with Gasteiger partial charge in [-0.25, -0.2) is 9.71 Å². The summed E-state index contributed by atoms with van der Waals surface area (Å²) in [4.78, 5) is 3.91. The smallest absolute Gasteiger partial charge is 0.279 e. The van der Waals surface area contributed by atoms with Crippen LogP contribution >= 0.6 is 0 Å². The summed E-state index contributed by atoms with van der Waals surface area (Å²) in [6.45, 7) is 5.45. The van der Waals surface area contributed by atoms with Crippen LogP contribution in [0.1, 0.15) is 13.8 Å². The standard InChI is InChI=1S/C11H20N4O3S/c1-10-7-15(8-11(2)18-10)19(16,17)13-4-6-14-5-3-12-9-14/h3,5,9-11,13H,4,6-8H2,1-2H3. The SMILES string of the molecule is CC1CN(S(=O)(=O)NCCn2ccnc2)CC(C)O1. The second-order valence-corrected chi connectivity index (χ2v) is 6.53. The highest BCUT2D eigenvalue weighted by atomic mass is 32.2. The highest BCUT2D eigenvalue weighted by Crippen LogP contribution is 2.13. The van der Waals surface area contributed by atoms with Gasteiger partial charge in [0.1, 0.15) is 0 Å². The lowest BCUT2D eigenvalue weighted by Gasteiger charge is -2.34. The second-order valence-electron chi connectivity index (χ2n) is 4.77. The Morgan fingerprint density at radius 2 is 2.05 bits per heavy atom. The molecule has 0 amide bonds. The van der Waals surface area contributed by atoms with Crippen LogP contribution in [0.3, 0.4) is 0 Å². The van der Waals surface area contributed by atoms with Gasteiger partial charge in [-0.15, -0.1) is 0 Å². The Hall–Kier alpha value is -0.960. The highest BCUT2D eigenvalue weighted by molar-refractivity contribution is 7.87. The maximum atomic E-state index is 12.1. The van der Waals surface area contributed by atoms with Crippen molar-refractivity contribution in [2.24, 2.45) is 0 Å². The third kappa shape index (κ3) is 4.00. The average Bonchev–Trinajstić information content (AvgIpc) is 2.80. The van der Waals surface area contributed by atoms with Crippen molar-refractivity contribution in [3.05, 3.63) is 18.7 Å². The van der Waals surface area contributed by atoms with Gasteiger partial charge in [0.05, 0.1) is 18.5 Å². The topological polar surface area (TPSA) is 76.5 Å². The molecule has 0 saturated carbocycles. The number of aromatic nitrogens is 2. The molecule has 2 heterocycles. The van der Waals surface area contributed by atoms with Crippen molar-refractivity contribution in [3.8, 4) is 0 Å². The van der Waals surface area contributed by atoms with Gasteiger partial charge in [0.15, 0.2) is 0 Å². The molecule has 0 aromatic carbocycles. The molecule has 1 aromatic rings. The number of nitrogens with one attached hydrogen (secondary N) is 1. The van der Waals surface area contributed by atoms with Crippen molar-refractivity contribution in [3.63, 3.8) is 0 Å². The molecule has 1 fully saturated rings. The lowest BCUT2D eigenvalue weighted by atomic mass is 10.3. The first-order valence-electron chi connectivity index (χ1n) is 6.33. The van der Waals surface area contributed by atoms with Crippen molar-refractivity contribution < 1.29 is 13.2 Å². The summed E-state index contributed by atoms with van der Waals surface area (Å²) < 4.78 is 35.7. The van der Waals surface area contributed by atoms with Crippen LogP contribution in [0.5, 0.6) is 0 Å². The molecule has 108 valence electrons. The number of hydrogen-bond donors (Lipinski definition) is 1. The minimum absolute atomic E-state index is 0.0750. The molecule has 19 heavy (non-hydrogen) atoms. The molecule has 1 aromatic heterocycles. The maximum Gasteiger partial charge on any atom is 0.279 e. The Labute approximate surface area is 113 Å². The molecule has 2 atom stereocenters. The first kappa shape index (κ1) is 14.4. The van der Waals surface area contributed by atoms with E-state index in [4.69, 9.17) is 4.74 Å². The van der Waals surface area contributed by atoms with Crippen LogP contribution in [0, 0.1) is 0 Å². The lowest BCUT2D eigenvalue weighted by Crippen LogP contribution is -2.52. The van der Waals surface area contributed by atoms with Gasteiger partial charge < -0.3 is 9.30 Å². The molecule has 1 aliphatic rings. The van der Waals surface area contributed by atoms with E-state index in [-0.39, 0.29) is 12.2 Å². The largest absolute Gasteiger partial charge is 0.373 e. The Bertz CT molecular complexity index is 478. The van der Waals surface area contributed by atoms with Gasteiger partial charge >= 0.3 is 0 Å². The van der Waals surface area contributed by atoms with Gasteiger partial charge in [-0.05, 0) is 13.8 Å². The van der Waals surface area contributed by atoms with Gasteiger partial charge in [-0.3, -0.25) is 0 Å². The molecule has 0 spiro atoms. The number of morpholine rings is 1. The predicted molar refractivity (Wildman–Crippen MR) is 70.7 cm³/mol. The van der Waals surface area contributed by atoms with Crippen LogP contribution in [0.4, 0.5) is 0 Å². The van der Waals surface area contributed by atoms with Crippen molar-refractivity contribution in [1.82, 2.24) is 18.6 Å². The van der Waals surface area contributed by atoms with Gasteiger partial charge in [-0.2, -0.15) is 12.7 Å². The molecule has 0 radical (unpaired) electrons. The summed E-state index contributed by atoms with van der Waals surface area (Å²) >= 11 is 0. The molecule has 0 aliphatic carbocycles. The Morgan fingerprint density at radius 1 is 1.37 bits per heavy atom. The van der Waals surface area contributed by atoms with E-state index in [2.05, 4.69) is 9.71 Å². The van der Waals surface area contributed by atoms with E-state index in [0.29, 0.717) is 26.2 Å². The zero-order valence-electron chi connectivity index (χ0n) is 11.2. The molecule has 1 N–H and O–H groups in total. The predicted octanol–water partition coefficient (Wildman–Crippen LogP) is -0.173. The Kier molecular flexibility index (Phi) is 4.56. The van der Waals surface area contributed by atoms with E-state index in [0.717, 1.165) is 0 Å².